The Balaban J connectivity index is 2.04. The number of fused-ring (bicyclic) bond motifs is 1. The Kier molecular flexibility index (Phi) is 4.54. The lowest BCUT2D eigenvalue weighted by atomic mass is 10.2. The Hall–Kier alpha value is -3.11. The Labute approximate surface area is 157 Å². The second-order valence-corrected chi connectivity index (χ2v) is 7.86. The Morgan fingerprint density at radius 3 is 2.56 bits per heavy atom. The van der Waals surface area contributed by atoms with Gasteiger partial charge in [-0.25, -0.2) is 13.2 Å². The molecule has 2 aromatic carbocycles. The summed E-state index contributed by atoms with van der Waals surface area (Å²) < 4.78 is 31.7. The molecule has 0 spiro atoms. The van der Waals surface area contributed by atoms with Gasteiger partial charge >= 0.3 is 5.97 Å². The number of aromatic carboxylic acids is 1. The van der Waals surface area contributed by atoms with Crippen molar-refractivity contribution < 1.29 is 27.7 Å². The van der Waals surface area contributed by atoms with Crippen LogP contribution < -0.4 is 4.31 Å². The van der Waals surface area contributed by atoms with Crippen LogP contribution in [0.3, 0.4) is 0 Å². The van der Waals surface area contributed by atoms with Crippen molar-refractivity contribution in [3.8, 4) is 0 Å². The molecule has 9 nitrogen and oxygen atoms in total. The van der Waals surface area contributed by atoms with Crippen LogP contribution in [0.25, 0.3) is 11.0 Å². The summed E-state index contributed by atoms with van der Waals surface area (Å²) in [5.41, 5.74) is -0.0237. The van der Waals surface area contributed by atoms with E-state index < -0.39 is 26.6 Å². The summed E-state index contributed by atoms with van der Waals surface area (Å²) in [6.45, 7) is 0. The van der Waals surface area contributed by atoms with Gasteiger partial charge in [-0.3, -0.25) is 14.4 Å². The number of nitro groups is 1. The molecule has 0 bridgehead atoms. The van der Waals surface area contributed by atoms with Crippen molar-refractivity contribution in [1.29, 1.82) is 0 Å². The van der Waals surface area contributed by atoms with Gasteiger partial charge in [0, 0.05) is 18.5 Å². The molecule has 0 saturated carbocycles. The summed E-state index contributed by atoms with van der Waals surface area (Å²) in [6, 6.07) is 8.76. The summed E-state index contributed by atoms with van der Waals surface area (Å²) in [7, 11) is -2.85. The largest absolute Gasteiger partial charge is 0.475 e. The second kappa shape index (κ2) is 6.56. The Morgan fingerprint density at radius 2 is 1.93 bits per heavy atom. The lowest BCUT2D eigenvalue weighted by molar-refractivity contribution is -0.384. The van der Waals surface area contributed by atoms with E-state index in [0.29, 0.717) is 5.39 Å². The van der Waals surface area contributed by atoms with Crippen LogP contribution in [0.4, 0.5) is 11.4 Å². The summed E-state index contributed by atoms with van der Waals surface area (Å²) >= 11 is 5.72. The first-order valence-corrected chi connectivity index (χ1v) is 9.13. The van der Waals surface area contributed by atoms with Crippen molar-refractivity contribution in [2.75, 3.05) is 11.4 Å². The molecule has 11 heteroatoms. The molecular formula is C16H11ClN2O7S. The fourth-order valence-electron chi connectivity index (χ4n) is 2.42. The third-order valence-corrected chi connectivity index (χ3v) is 5.95. The zero-order valence-electron chi connectivity index (χ0n) is 13.6. The number of carboxylic acids is 1. The number of hydrogen-bond donors (Lipinski definition) is 1. The topological polar surface area (TPSA) is 131 Å². The van der Waals surface area contributed by atoms with Crippen molar-refractivity contribution in [1.82, 2.24) is 0 Å². The predicted octanol–water partition coefficient (Wildman–Crippen LogP) is 3.52. The maximum Gasteiger partial charge on any atom is 0.371 e. The van der Waals surface area contributed by atoms with E-state index in [2.05, 4.69) is 0 Å². The van der Waals surface area contributed by atoms with Crippen LogP contribution in [0, 0.1) is 10.1 Å². The van der Waals surface area contributed by atoms with E-state index in [-0.39, 0.29) is 26.9 Å². The molecule has 0 radical (unpaired) electrons. The number of anilines is 1. The van der Waals surface area contributed by atoms with Crippen molar-refractivity contribution in [3.05, 3.63) is 63.4 Å². The summed E-state index contributed by atoms with van der Waals surface area (Å²) in [5, 5.41) is 20.2. The second-order valence-electron chi connectivity index (χ2n) is 5.48. The van der Waals surface area contributed by atoms with Crippen molar-refractivity contribution in [3.63, 3.8) is 0 Å². The molecule has 27 heavy (non-hydrogen) atoms. The SMILES string of the molecule is CN(c1ccc2oc(C(=O)O)cc2c1)S(=O)(=O)c1ccc(Cl)c([N+](=O)[O-])c1. The molecule has 0 saturated heterocycles. The van der Waals surface area contributed by atoms with E-state index >= 15 is 0 Å². The number of halogens is 1. The normalized spacial score (nSPS) is 11.5. The van der Waals surface area contributed by atoms with Gasteiger partial charge in [0.05, 0.1) is 15.5 Å². The average Bonchev–Trinajstić information content (AvgIpc) is 3.04. The number of furan rings is 1. The number of sulfonamides is 1. The predicted molar refractivity (Wildman–Crippen MR) is 96.9 cm³/mol. The minimum atomic E-state index is -4.12. The number of rotatable bonds is 5. The fourth-order valence-corrected chi connectivity index (χ4v) is 3.82. The quantitative estimate of drug-likeness (QED) is 0.502. The van der Waals surface area contributed by atoms with Crippen LogP contribution >= 0.6 is 11.6 Å². The number of hydrogen-bond acceptors (Lipinski definition) is 6. The van der Waals surface area contributed by atoms with Crippen LogP contribution in [-0.4, -0.2) is 31.5 Å². The summed E-state index contributed by atoms with van der Waals surface area (Å²) in [6.07, 6.45) is 0. The van der Waals surface area contributed by atoms with Crippen LogP contribution in [-0.2, 0) is 10.0 Å². The van der Waals surface area contributed by atoms with Gasteiger partial charge in [-0.1, -0.05) is 11.6 Å². The van der Waals surface area contributed by atoms with Gasteiger partial charge in [-0.2, -0.15) is 0 Å². The minimum absolute atomic E-state index is 0.178. The molecule has 140 valence electrons. The zero-order chi connectivity index (χ0) is 19.9. The van der Waals surface area contributed by atoms with Crippen LogP contribution in [0.1, 0.15) is 10.6 Å². The van der Waals surface area contributed by atoms with Crippen molar-refractivity contribution >= 4 is 49.9 Å². The van der Waals surface area contributed by atoms with E-state index in [0.717, 1.165) is 16.4 Å². The van der Waals surface area contributed by atoms with Gasteiger partial charge in [-0.15, -0.1) is 0 Å². The van der Waals surface area contributed by atoms with Gasteiger partial charge < -0.3 is 9.52 Å². The molecule has 1 heterocycles. The third-order valence-electron chi connectivity index (χ3n) is 3.85. The molecule has 1 aromatic heterocycles. The lowest BCUT2D eigenvalue weighted by Gasteiger charge is -2.19. The smallest absolute Gasteiger partial charge is 0.371 e. The molecule has 0 unspecified atom stereocenters. The first kappa shape index (κ1) is 18.7. The van der Waals surface area contributed by atoms with Crippen LogP contribution in [0.15, 0.2) is 51.8 Å². The fraction of sp³-hybridized carbons (Fsp3) is 0.0625. The number of nitro benzene ring substituents is 1. The summed E-state index contributed by atoms with van der Waals surface area (Å²) in [5.74, 6) is -1.52. The molecular weight excluding hydrogens is 400 g/mol. The highest BCUT2D eigenvalue weighted by Gasteiger charge is 2.25. The maximum absolute atomic E-state index is 12.8. The highest BCUT2D eigenvalue weighted by atomic mass is 35.5. The van der Waals surface area contributed by atoms with Crippen LogP contribution in [0.2, 0.25) is 5.02 Å². The van der Waals surface area contributed by atoms with E-state index in [1.54, 1.807) is 0 Å². The maximum atomic E-state index is 12.8. The molecule has 3 rings (SSSR count). The Bertz CT molecular complexity index is 1190. The summed E-state index contributed by atoms with van der Waals surface area (Å²) in [4.78, 5) is 20.9. The van der Waals surface area contributed by atoms with Gasteiger partial charge in [0.2, 0.25) is 5.76 Å². The van der Waals surface area contributed by atoms with Gasteiger partial charge in [0.15, 0.2) is 0 Å². The highest BCUT2D eigenvalue weighted by Crippen LogP contribution is 2.31. The number of carbonyl (C=O) groups is 1. The minimum Gasteiger partial charge on any atom is -0.475 e. The molecule has 0 fully saturated rings. The molecule has 3 aromatic rings. The van der Waals surface area contributed by atoms with E-state index in [1.165, 1.54) is 37.4 Å². The molecule has 0 amide bonds. The average molecular weight is 411 g/mol. The lowest BCUT2D eigenvalue weighted by Crippen LogP contribution is -2.26. The molecule has 0 atom stereocenters. The standard InChI is InChI=1S/C16H11ClN2O7S/c1-18(10-2-5-14-9(6-10)7-15(26-14)16(20)21)27(24,25)11-3-4-12(17)13(8-11)19(22)23/h2-8H,1H3,(H,20,21). The third kappa shape index (κ3) is 3.32. The number of nitrogens with zero attached hydrogens (tertiary/aromatic N) is 2. The van der Waals surface area contributed by atoms with Crippen molar-refractivity contribution in [2.24, 2.45) is 0 Å². The number of benzene rings is 2. The Morgan fingerprint density at radius 1 is 1.22 bits per heavy atom. The molecule has 0 aliphatic carbocycles. The van der Waals surface area contributed by atoms with E-state index in [9.17, 15) is 23.3 Å². The van der Waals surface area contributed by atoms with Crippen LogP contribution in [0.5, 0.6) is 0 Å². The van der Waals surface area contributed by atoms with Crippen molar-refractivity contribution in [2.45, 2.75) is 4.90 Å². The first-order chi connectivity index (χ1) is 12.6. The highest BCUT2D eigenvalue weighted by molar-refractivity contribution is 7.92. The first-order valence-electron chi connectivity index (χ1n) is 7.31. The van der Waals surface area contributed by atoms with E-state index in [1.807, 2.05) is 0 Å². The monoisotopic (exact) mass is 410 g/mol. The molecule has 1 N–H and O–H groups in total. The molecule has 0 aliphatic rings. The molecule has 0 aliphatic heterocycles. The van der Waals surface area contributed by atoms with Gasteiger partial charge in [0.1, 0.15) is 10.6 Å². The number of carboxylic acid groups (broad SMARTS) is 1. The zero-order valence-corrected chi connectivity index (χ0v) is 15.2. The van der Waals surface area contributed by atoms with Gasteiger partial charge in [-0.05, 0) is 36.4 Å². The van der Waals surface area contributed by atoms with E-state index in [4.69, 9.17) is 21.1 Å². The van der Waals surface area contributed by atoms with Gasteiger partial charge in [0.25, 0.3) is 15.7 Å².